The fraction of sp³-hybridized carbons (Fsp3) is 0.556. The van der Waals surface area contributed by atoms with Crippen molar-refractivity contribution in [3.63, 3.8) is 0 Å². The molecule has 0 aliphatic carbocycles. The van der Waals surface area contributed by atoms with Crippen molar-refractivity contribution >= 4 is 21.7 Å². The summed E-state index contributed by atoms with van der Waals surface area (Å²) in [6.07, 6.45) is 0.414. The predicted octanol–water partition coefficient (Wildman–Crippen LogP) is 1.01. The van der Waals surface area contributed by atoms with Gasteiger partial charge >= 0.3 is 5.97 Å². The first-order valence-electron chi connectivity index (χ1n) is 8.58. The minimum Gasteiger partial charge on any atom is -0.452 e. The van der Waals surface area contributed by atoms with E-state index in [1.165, 1.54) is 17.0 Å². The highest BCUT2D eigenvalue weighted by molar-refractivity contribution is 7.91. The third kappa shape index (κ3) is 5.54. The van der Waals surface area contributed by atoms with Crippen molar-refractivity contribution in [1.29, 1.82) is 0 Å². The molecule has 2 rings (SSSR count). The molecule has 1 atom stereocenters. The van der Waals surface area contributed by atoms with Gasteiger partial charge in [-0.15, -0.1) is 0 Å². The average molecular weight is 383 g/mol. The van der Waals surface area contributed by atoms with E-state index < -0.39 is 22.4 Å². The number of aliphatic hydroxyl groups is 1. The molecule has 0 spiro atoms. The number of nitrogens with zero attached hydrogens (tertiary/aromatic N) is 1. The van der Waals surface area contributed by atoms with Crippen molar-refractivity contribution < 1.29 is 27.9 Å². The van der Waals surface area contributed by atoms with Gasteiger partial charge in [-0.3, -0.25) is 4.79 Å². The van der Waals surface area contributed by atoms with Crippen LogP contribution in [0.4, 0.5) is 0 Å². The molecule has 7 nitrogen and oxygen atoms in total. The second-order valence-electron chi connectivity index (χ2n) is 6.93. The monoisotopic (exact) mass is 383 g/mol. The normalized spacial score (nSPS) is 18.7. The molecule has 1 N–H and O–H groups in total. The quantitative estimate of drug-likeness (QED) is 0.705. The molecule has 0 aromatic heterocycles. The zero-order valence-electron chi connectivity index (χ0n) is 15.1. The predicted molar refractivity (Wildman–Crippen MR) is 96.3 cm³/mol. The standard InChI is InChI=1S/C18H25NO6S/c1-13(2)9-19(16-7-8-26(23,24)12-16)17(21)11-25-18(22)15-5-3-14(10-20)4-6-15/h3-6,13,16,20H,7-12H2,1-2H3/t16-/m0/s1. The van der Waals surface area contributed by atoms with Gasteiger partial charge in [0.25, 0.3) is 5.91 Å². The first-order valence-corrected chi connectivity index (χ1v) is 10.4. The molecule has 1 heterocycles. The lowest BCUT2D eigenvalue weighted by Gasteiger charge is -2.29. The average Bonchev–Trinajstić information content (AvgIpc) is 2.96. The molecule has 1 saturated heterocycles. The molecule has 1 aromatic rings. The Bertz CT molecular complexity index is 741. The lowest BCUT2D eigenvalue weighted by atomic mass is 10.1. The summed E-state index contributed by atoms with van der Waals surface area (Å²) in [5, 5.41) is 9.01. The van der Waals surface area contributed by atoms with Gasteiger partial charge in [0.05, 0.1) is 23.7 Å². The van der Waals surface area contributed by atoms with Crippen molar-refractivity contribution in [3.05, 3.63) is 35.4 Å². The van der Waals surface area contributed by atoms with E-state index in [0.717, 1.165) is 0 Å². The minimum atomic E-state index is -3.11. The number of amides is 1. The largest absolute Gasteiger partial charge is 0.452 e. The Morgan fingerprint density at radius 1 is 1.27 bits per heavy atom. The van der Waals surface area contributed by atoms with E-state index in [4.69, 9.17) is 9.84 Å². The highest BCUT2D eigenvalue weighted by Gasteiger charge is 2.35. The van der Waals surface area contributed by atoms with Crippen LogP contribution in [0.25, 0.3) is 0 Å². The van der Waals surface area contributed by atoms with E-state index in [9.17, 15) is 18.0 Å². The van der Waals surface area contributed by atoms with Crippen LogP contribution >= 0.6 is 0 Å². The van der Waals surface area contributed by atoms with Crippen LogP contribution in [-0.4, -0.2) is 61.0 Å². The number of carbonyl (C=O) groups is 2. The van der Waals surface area contributed by atoms with E-state index in [1.807, 2.05) is 13.8 Å². The summed E-state index contributed by atoms with van der Waals surface area (Å²) in [5.41, 5.74) is 0.956. The molecule has 8 heteroatoms. The van der Waals surface area contributed by atoms with Crippen molar-refractivity contribution in [2.75, 3.05) is 24.7 Å². The van der Waals surface area contributed by atoms with Crippen LogP contribution < -0.4 is 0 Å². The first kappa shape index (κ1) is 20.4. The Kier molecular flexibility index (Phi) is 6.77. The van der Waals surface area contributed by atoms with Crippen LogP contribution in [0.2, 0.25) is 0 Å². The molecule has 0 radical (unpaired) electrons. The number of carbonyl (C=O) groups excluding carboxylic acids is 2. The number of sulfone groups is 1. The Morgan fingerprint density at radius 3 is 2.42 bits per heavy atom. The highest BCUT2D eigenvalue weighted by atomic mass is 32.2. The summed E-state index contributed by atoms with van der Waals surface area (Å²) in [7, 11) is -3.11. The molecule has 1 amide bonds. The molecule has 1 aromatic carbocycles. The number of ether oxygens (including phenoxy) is 1. The Balaban J connectivity index is 1.98. The van der Waals surface area contributed by atoms with Crippen molar-refractivity contribution in [2.45, 2.75) is 32.9 Å². The van der Waals surface area contributed by atoms with E-state index in [2.05, 4.69) is 0 Å². The van der Waals surface area contributed by atoms with Crippen LogP contribution in [0, 0.1) is 5.92 Å². The summed E-state index contributed by atoms with van der Waals surface area (Å²) in [4.78, 5) is 26.1. The maximum absolute atomic E-state index is 12.5. The summed E-state index contributed by atoms with van der Waals surface area (Å²) in [5.74, 6) is -0.810. The third-order valence-corrected chi connectivity index (χ3v) is 5.98. The van der Waals surface area contributed by atoms with Crippen LogP contribution in [0.1, 0.15) is 36.2 Å². The summed E-state index contributed by atoms with van der Waals surface area (Å²) in [6.45, 7) is 3.75. The van der Waals surface area contributed by atoms with Gasteiger partial charge in [-0.2, -0.15) is 0 Å². The van der Waals surface area contributed by atoms with E-state index in [0.29, 0.717) is 18.5 Å². The molecule has 1 fully saturated rings. The fourth-order valence-electron chi connectivity index (χ4n) is 2.91. The molecule has 26 heavy (non-hydrogen) atoms. The van der Waals surface area contributed by atoms with Crippen LogP contribution in [0.5, 0.6) is 0 Å². The molecular formula is C18H25NO6S. The van der Waals surface area contributed by atoms with Gasteiger partial charge in [0.2, 0.25) is 0 Å². The van der Waals surface area contributed by atoms with E-state index in [-0.39, 0.29) is 41.5 Å². The molecule has 144 valence electrons. The zero-order valence-corrected chi connectivity index (χ0v) is 15.9. The van der Waals surface area contributed by atoms with Gasteiger partial charge in [0.1, 0.15) is 0 Å². The van der Waals surface area contributed by atoms with E-state index in [1.54, 1.807) is 12.1 Å². The van der Waals surface area contributed by atoms with Gasteiger partial charge in [-0.05, 0) is 30.0 Å². The van der Waals surface area contributed by atoms with Crippen LogP contribution in [0.15, 0.2) is 24.3 Å². The highest BCUT2D eigenvalue weighted by Crippen LogP contribution is 2.19. The molecule has 0 unspecified atom stereocenters. The van der Waals surface area contributed by atoms with Gasteiger partial charge in [0.15, 0.2) is 16.4 Å². The topological polar surface area (TPSA) is 101 Å². The minimum absolute atomic E-state index is 0.0397. The number of hydrogen-bond donors (Lipinski definition) is 1. The molecular weight excluding hydrogens is 358 g/mol. The second-order valence-corrected chi connectivity index (χ2v) is 9.16. The lowest BCUT2D eigenvalue weighted by Crippen LogP contribution is -2.45. The number of benzene rings is 1. The first-order chi connectivity index (χ1) is 12.2. The summed E-state index contributed by atoms with van der Waals surface area (Å²) >= 11 is 0. The number of esters is 1. The maximum atomic E-state index is 12.5. The number of rotatable bonds is 7. The van der Waals surface area contributed by atoms with Crippen molar-refractivity contribution in [2.24, 2.45) is 5.92 Å². The SMILES string of the molecule is CC(C)CN(C(=O)COC(=O)c1ccc(CO)cc1)[C@H]1CCS(=O)(=O)C1. The smallest absolute Gasteiger partial charge is 0.338 e. The number of hydrogen-bond acceptors (Lipinski definition) is 6. The Hall–Kier alpha value is -1.93. The summed E-state index contributed by atoms with van der Waals surface area (Å²) in [6, 6.07) is 5.89. The molecule has 0 saturated carbocycles. The molecule has 0 bridgehead atoms. The summed E-state index contributed by atoms with van der Waals surface area (Å²) < 4.78 is 28.5. The van der Waals surface area contributed by atoms with Crippen LogP contribution in [0.3, 0.4) is 0 Å². The third-order valence-electron chi connectivity index (χ3n) is 4.23. The van der Waals surface area contributed by atoms with Gasteiger partial charge in [-0.1, -0.05) is 26.0 Å². The van der Waals surface area contributed by atoms with Crippen molar-refractivity contribution in [1.82, 2.24) is 4.90 Å². The van der Waals surface area contributed by atoms with Gasteiger partial charge in [-0.25, -0.2) is 13.2 Å². The number of aliphatic hydroxyl groups excluding tert-OH is 1. The maximum Gasteiger partial charge on any atom is 0.338 e. The fourth-order valence-corrected chi connectivity index (χ4v) is 4.64. The molecule has 1 aliphatic rings. The molecule has 1 aliphatic heterocycles. The van der Waals surface area contributed by atoms with Gasteiger partial charge in [0, 0.05) is 12.6 Å². The van der Waals surface area contributed by atoms with Crippen molar-refractivity contribution in [3.8, 4) is 0 Å². The Morgan fingerprint density at radius 2 is 1.92 bits per heavy atom. The zero-order chi connectivity index (χ0) is 19.3. The van der Waals surface area contributed by atoms with Gasteiger partial charge < -0.3 is 14.7 Å². The van der Waals surface area contributed by atoms with E-state index >= 15 is 0 Å². The Labute approximate surface area is 153 Å². The second kappa shape index (κ2) is 8.64. The lowest BCUT2D eigenvalue weighted by molar-refractivity contribution is -0.137. The van der Waals surface area contributed by atoms with Crippen LogP contribution in [-0.2, 0) is 26.0 Å².